The van der Waals surface area contributed by atoms with Crippen molar-refractivity contribution in [1.82, 2.24) is 14.5 Å². The largest absolute Gasteiger partial charge is 0.444 e. The molecule has 142 valence electrons. The number of aromatic nitrogens is 2. The Labute approximate surface area is 152 Å². The molecular formula is C18H27N5O3. The maximum Gasteiger partial charge on any atom is 0.408 e. The molecule has 26 heavy (non-hydrogen) atoms. The van der Waals surface area contributed by atoms with Crippen molar-refractivity contribution in [2.24, 2.45) is 14.1 Å². The van der Waals surface area contributed by atoms with Crippen molar-refractivity contribution in [3.63, 3.8) is 0 Å². The SMILES string of the molecule is Cn1c(=O)n(C)c2c(N3CC(C)(NC(=O)OC(C)(C)C)C3)cc(N)cc21. The molecule has 2 heterocycles. The van der Waals surface area contributed by atoms with Crippen molar-refractivity contribution in [1.29, 1.82) is 0 Å². The number of nitrogens with one attached hydrogen (secondary N) is 1. The molecule has 0 atom stereocenters. The molecule has 1 aromatic carbocycles. The molecule has 0 saturated carbocycles. The number of amides is 1. The lowest BCUT2D eigenvalue weighted by Crippen LogP contribution is -2.69. The van der Waals surface area contributed by atoms with Crippen LogP contribution in [0.5, 0.6) is 0 Å². The van der Waals surface area contributed by atoms with Gasteiger partial charge in [-0.15, -0.1) is 0 Å². The van der Waals surface area contributed by atoms with Gasteiger partial charge >= 0.3 is 11.8 Å². The van der Waals surface area contributed by atoms with Gasteiger partial charge in [0.1, 0.15) is 5.60 Å². The number of anilines is 2. The van der Waals surface area contributed by atoms with E-state index in [9.17, 15) is 9.59 Å². The highest BCUT2D eigenvalue weighted by Crippen LogP contribution is 2.34. The minimum Gasteiger partial charge on any atom is -0.444 e. The van der Waals surface area contributed by atoms with Crippen LogP contribution in [0.4, 0.5) is 16.2 Å². The van der Waals surface area contributed by atoms with Crippen molar-refractivity contribution in [2.45, 2.75) is 38.8 Å². The summed E-state index contributed by atoms with van der Waals surface area (Å²) in [5, 5.41) is 2.94. The Morgan fingerprint density at radius 3 is 2.42 bits per heavy atom. The third-order valence-electron chi connectivity index (χ3n) is 4.59. The number of nitrogens with two attached hydrogens (primary N) is 1. The monoisotopic (exact) mass is 361 g/mol. The quantitative estimate of drug-likeness (QED) is 0.792. The van der Waals surface area contributed by atoms with Crippen LogP contribution in [0.3, 0.4) is 0 Å². The molecule has 3 rings (SSSR count). The fraction of sp³-hybridized carbons (Fsp3) is 0.556. The molecule has 2 aromatic rings. The first-order chi connectivity index (χ1) is 11.9. The number of rotatable bonds is 2. The second kappa shape index (κ2) is 5.69. The fourth-order valence-electron chi connectivity index (χ4n) is 3.49. The molecule has 0 unspecified atom stereocenters. The minimum absolute atomic E-state index is 0.0954. The number of ether oxygens (including phenoxy) is 1. The Kier molecular flexibility index (Phi) is 3.97. The van der Waals surface area contributed by atoms with Gasteiger partial charge in [-0.1, -0.05) is 0 Å². The number of hydrogen-bond acceptors (Lipinski definition) is 5. The lowest BCUT2D eigenvalue weighted by Gasteiger charge is -2.49. The molecule has 0 aliphatic carbocycles. The number of nitrogens with zero attached hydrogens (tertiary/aromatic N) is 3. The van der Waals surface area contributed by atoms with Crippen molar-refractivity contribution < 1.29 is 9.53 Å². The van der Waals surface area contributed by atoms with E-state index < -0.39 is 17.2 Å². The van der Waals surface area contributed by atoms with Crippen LogP contribution >= 0.6 is 0 Å². The van der Waals surface area contributed by atoms with Crippen LogP contribution in [0.15, 0.2) is 16.9 Å². The number of imidazole rings is 1. The highest BCUT2D eigenvalue weighted by Gasteiger charge is 2.42. The van der Waals surface area contributed by atoms with Crippen LogP contribution in [0.25, 0.3) is 11.0 Å². The summed E-state index contributed by atoms with van der Waals surface area (Å²) in [6.07, 6.45) is -0.426. The zero-order valence-electron chi connectivity index (χ0n) is 16.2. The third kappa shape index (κ3) is 3.11. The normalized spacial score (nSPS) is 16.5. The Morgan fingerprint density at radius 2 is 1.85 bits per heavy atom. The Balaban J connectivity index is 1.84. The first-order valence-electron chi connectivity index (χ1n) is 8.61. The average molecular weight is 361 g/mol. The number of nitrogen functional groups attached to an aromatic ring is 1. The minimum atomic E-state index is -0.535. The molecule has 8 nitrogen and oxygen atoms in total. The van der Waals surface area contributed by atoms with Gasteiger partial charge in [0.25, 0.3) is 0 Å². The van der Waals surface area contributed by atoms with Gasteiger partial charge in [0.2, 0.25) is 0 Å². The Hall–Kier alpha value is -2.64. The van der Waals surface area contributed by atoms with Crippen LogP contribution < -0.4 is 21.6 Å². The summed E-state index contributed by atoms with van der Waals surface area (Å²) >= 11 is 0. The third-order valence-corrected chi connectivity index (χ3v) is 4.59. The molecule has 1 aliphatic heterocycles. The lowest BCUT2D eigenvalue weighted by atomic mass is 9.91. The number of carbonyl (C=O) groups excluding carboxylic acids is 1. The molecule has 1 aromatic heterocycles. The van der Waals surface area contributed by atoms with Gasteiger partial charge < -0.3 is 20.7 Å². The van der Waals surface area contributed by atoms with Crippen molar-refractivity contribution in [2.75, 3.05) is 23.7 Å². The van der Waals surface area contributed by atoms with E-state index in [1.165, 1.54) is 0 Å². The van der Waals surface area contributed by atoms with Crippen LogP contribution in [-0.2, 0) is 18.8 Å². The van der Waals surface area contributed by atoms with Crippen molar-refractivity contribution >= 4 is 28.5 Å². The number of aryl methyl sites for hydroxylation is 2. The predicted molar refractivity (Wildman–Crippen MR) is 103 cm³/mol. The Morgan fingerprint density at radius 1 is 1.23 bits per heavy atom. The highest BCUT2D eigenvalue weighted by atomic mass is 16.6. The van der Waals surface area contributed by atoms with Gasteiger partial charge in [0.15, 0.2) is 0 Å². The zero-order chi connectivity index (χ0) is 19.4. The molecule has 1 saturated heterocycles. The molecule has 3 N–H and O–H groups in total. The molecular weight excluding hydrogens is 334 g/mol. The van der Waals surface area contributed by atoms with Crippen LogP contribution in [0.2, 0.25) is 0 Å². The number of benzene rings is 1. The van der Waals surface area contributed by atoms with Crippen molar-refractivity contribution in [3.05, 3.63) is 22.6 Å². The summed E-state index contributed by atoms with van der Waals surface area (Å²) in [6.45, 7) is 8.69. The second-order valence-corrected chi connectivity index (χ2v) is 8.35. The first-order valence-corrected chi connectivity index (χ1v) is 8.61. The maximum atomic E-state index is 12.3. The summed E-state index contributed by atoms with van der Waals surface area (Å²) in [6, 6.07) is 3.67. The number of hydrogen-bond donors (Lipinski definition) is 2. The maximum absolute atomic E-state index is 12.3. The van der Waals surface area contributed by atoms with Gasteiger partial charge in [-0.05, 0) is 39.8 Å². The van der Waals surface area contributed by atoms with Gasteiger partial charge in [-0.25, -0.2) is 9.59 Å². The molecule has 1 aliphatic rings. The first kappa shape index (κ1) is 18.2. The smallest absolute Gasteiger partial charge is 0.408 e. The van der Waals surface area contributed by atoms with E-state index in [0.717, 1.165) is 16.7 Å². The molecule has 0 spiro atoms. The number of carbonyl (C=O) groups is 1. The van der Waals surface area contributed by atoms with Crippen molar-refractivity contribution in [3.8, 4) is 0 Å². The highest BCUT2D eigenvalue weighted by molar-refractivity contribution is 5.93. The molecule has 0 bridgehead atoms. The number of fused-ring (bicyclic) bond motifs is 1. The summed E-state index contributed by atoms with van der Waals surface area (Å²) < 4.78 is 8.56. The molecule has 0 radical (unpaired) electrons. The average Bonchev–Trinajstić information content (AvgIpc) is 2.66. The molecule has 1 fully saturated rings. The van der Waals surface area contributed by atoms with Crippen LogP contribution in [-0.4, -0.2) is 39.5 Å². The van der Waals surface area contributed by atoms with Crippen LogP contribution in [0.1, 0.15) is 27.7 Å². The van der Waals surface area contributed by atoms with E-state index in [0.29, 0.717) is 18.8 Å². The second-order valence-electron chi connectivity index (χ2n) is 8.35. The zero-order valence-corrected chi connectivity index (χ0v) is 16.2. The molecule has 1 amide bonds. The summed E-state index contributed by atoms with van der Waals surface area (Å²) in [5.74, 6) is 0. The summed E-state index contributed by atoms with van der Waals surface area (Å²) in [7, 11) is 3.49. The lowest BCUT2D eigenvalue weighted by molar-refractivity contribution is 0.0445. The molecule has 8 heteroatoms. The van der Waals surface area contributed by atoms with E-state index in [4.69, 9.17) is 10.5 Å². The number of alkyl carbamates (subject to hydrolysis) is 1. The van der Waals surface area contributed by atoms with Gasteiger partial charge in [-0.2, -0.15) is 0 Å². The summed E-state index contributed by atoms with van der Waals surface area (Å²) in [5.41, 5.74) is 8.14. The Bertz CT molecular complexity index is 929. The van der Waals surface area contributed by atoms with E-state index >= 15 is 0 Å². The topological polar surface area (TPSA) is 94.5 Å². The van der Waals surface area contributed by atoms with E-state index in [1.54, 1.807) is 29.3 Å². The van der Waals surface area contributed by atoms with E-state index in [2.05, 4.69) is 10.2 Å². The van der Waals surface area contributed by atoms with Gasteiger partial charge in [-0.3, -0.25) is 9.13 Å². The van der Waals surface area contributed by atoms with E-state index in [1.807, 2.05) is 33.8 Å². The van der Waals surface area contributed by atoms with Gasteiger partial charge in [0.05, 0.1) is 22.3 Å². The fourth-order valence-corrected chi connectivity index (χ4v) is 3.49. The predicted octanol–water partition coefficient (Wildman–Crippen LogP) is 1.56. The van der Waals surface area contributed by atoms with Crippen LogP contribution in [0, 0.1) is 0 Å². The standard InChI is InChI=1S/C18H27N5O3/c1-17(2,3)26-15(24)20-18(4)9-23(10-18)13-8-11(19)7-12-14(13)22(6)16(25)21(12)5/h7-8H,9-10,19H2,1-6H3,(H,20,24). The summed E-state index contributed by atoms with van der Waals surface area (Å²) in [4.78, 5) is 26.4. The van der Waals surface area contributed by atoms with Gasteiger partial charge in [0, 0.05) is 32.9 Å². The van der Waals surface area contributed by atoms with E-state index in [-0.39, 0.29) is 5.69 Å².